The minimum Gasteiger partial charge on any atom is -0.398 e. The Morgan fingerprint density at radius 3 is 2.84 bits per heavy atom. The van der Waals surface area contributed by atoms with E-state index < -0.39 is 0 Å². The molecule has 1 aromatic heterocycles. The van der Waals surface area contributed by atoms with Crippen LogP contribution in [0.25, 0.3) is 10.6 Å². The Hall–Kier alpha value is -3.21. The number of urea groups is 1. The van der Waals surface area contributed by atoms with Crippen LogP contribution in [0.3, 0.4) is 0 Å². The van der Waals surface area contributed by atoms with Crippen LogP contribution in [-0.2, 0) is 0 Å². The van der Waals surface area contributed by atoms with E-state index >= 15 is 0 Å². The van der Waals surface area contributed by atoms with Gasteiger partial charge in [-0.05, 0) is 24.3 Å². The highest BCUT2D eigenvalue weighted by Crippen LogP contribution is 2.34. The summed E-state index contributed by atoms with van der Waals surface area (Å²) in [6.07, 6.45) is 1.12. The molecule has 6 N–H and O–H groups in total. The van der Waals surface area contributed by atoms with Gasteiger partial charge in [0.05, 0.1) is 10.7 Å². The van der Waals surface area contributed by atoms with Crippen molar-refractivity contribution in [1.82, 2.24) is 20.4 Å². The molecule has 4 rings (SSSR count). The van der Waals surface area contributed by atoms with E-state index in [0.717, 1.165) is 24.9 Å². The molecule has 0 saturated carbocycles. The smallest absolute Gasteiger partial charge is 0.321 e. The summed E-state index contributed by atoms with van der Waals surface area (Å²) < 4.78 is 0. The fourth-order valence-electron chi connectivity index (χ4n) is 3.16. The molecule has 0 atom stereocenters. The number of piperazine rings is 1. The highest BCUT2D eigenvalue weighted by Gasteiger charge is 2.17. The zero-order chi connectivity index (χ0) is 21.8. The highest BCUT2D eigenvalue weighted by atomic mass is 35.5. The number of nitrogens with one attached hydrogen (secondary N) is 4. The topological polar surface area (TPSA) is 132 Å². The number of nitrogens with two attached hydrogens (primary N) is 1. The number of nitrogen functional groups attached to an aromatic ring is 1. The number of hydrogen-bond acceptors (Lipinski definition) is 8. The van der Waals surface area contributed by atoms with Gasteiger partial charge in [0.2, 0.25) is 5.13 Å². The average molecular weight is 457 g/mol. The number of rotatable bonds is 5. The van der Waals surface area contributed by atoms with E-state index in [2.05, 4.69) is 26.1 Å². The van der Waals surface area contributed by atoms with E-state index in [-0.39, 0.29) is 6.03 Å². The van der Waals surface area contributed by atoms with E-state index in [1.54, 1.807) is 17.0 Å². The molecule has 0 unspecified atom stereocenters. The van der Waals surface area contributed by atoms with Crippen LogP contribution in [0, 0.1) is 5.41 Å². The predicted octanol–water partition coefficient (Wildman–Crippen LogP) is 3.62. The standard InChI is InChI=1S/C20H21ClN8OS/c21-17-14(11-22)15(23)4-5-16(17)26-19-28-27-18(31-19)12-2-1-3-13(10-12)25-20(30)29-8-6-24-7-9-29/h1-5,10-11,22,24H,6-9,23H2,(H,25,30)(H,26,28). The molecule has 11 heteroatoms. The Bertz CT molecular complexity index is 1110. The Balaban J connectivity index is 1.48. The first-order chi connectivity index (χ1) is 15.0. The maximum Gasteiger partial charge on any atom is 0.321 e. The van der Waals surface area contributed by atoms with Gasteiger partial charge in [0.25, 0.3) is 0 Å². The number of anilines is 4. The van der Waals surface area contributed by atoms with Crippen LogP contribution in [0.4, 0.5) is 27.0 Å². The first-order valence-corrected chi connectivity index (χ1v) is 10.8. The second kappa shape index (κ2) is 9.29. The number of aromatic nitrogens is 2. The second-order valence-electron chi connectivity index (χ2n) is 6.86. The lowest BCUT2D eigenvalue weighted by Crippen LogP contribution is -2.48. The Kier molecular flexibility index (Phi) is 6.31. The number of nitrogens with zero attached hydrogens (tertiary/aromatic N) is 3. The van der Waals surface area contributed by atoms with Crippen molar-refractivity contribution >= 4 is 57.4 Å². The first-order valence-electron chi connectivity index (χ1n) is 9.61. The molecule has 1 aliphatic rings. The summed E-state index contributed by atoms with van der Waals surface area (Å²) in [5.74, 6) is 0. The minimum atomic E-state index is -0.113. The summed E-state index contributed by atoms with van der Waals surface area (Å²) in [4.78, 5) is 14.2. The van der Waals surface area contributed by atoms with Crippen molar-refractivity contribution in [3.8, 4) is 10.6 Å². The molecule has 2 aromatic carbocycles. The summed E-state index contributed by atoms with van der Waals surface area (Å²) in [5, 5.41) is 26.8. The van der Waals surface area contributed by atoms with Crippen LogP contribution in [0.15, 0.2) is 36.4 Å². The third-order valence-electron chi connectivity index (χ3n) is 4.79. The van der Waals surface area contributed by atoms with Crippen LogP contribution in [0.1, 0.15) is 5.56 Å². The van der Waals surface area contributed by atoms with Crippen LogP contribution in [-0.4, -0.2) is 53.5 Å². The lowest BCUT2D eigenvalue weighted by molar-refractivity contribution is 0.204. The summed E-state index contributed by atoms with van der Waals surface area (Å²) in [7, 11) is 0. The molecule has 160 valence electrons. The minimum absolute atomic E-state index is 0.113. The number of carbonyl (C=O) groups excluding carboxylic acids is 1. The van der Waals surface area contributed by atoms with Gasteiger partial charge in [-0.3, -0.25) is 0 Å². The summed E-state index contributed by atoms with van der Waals surface area (Å²) >= 11 is 7.69. The molecule has 0 aliphatic carbocycles. The molecule has 2 heterocycles. The molecule has 0 radical (unpaired) electrons. The Labute approximate surface area is 188 Å². The normalized spacial score (nSPS) is 13.6. The zero-order valence-electron chi connectivity index (χ0n) is 16.5. The molecule has 1 fully saturated rings. The van der Waals surface area contributed by atoms with Gasteiger partial charge in [-0.1, -0.05) is 35.1 Å². The summed E-state index contributed by atoms with van der Waals surface area (Å²) in [6.45, 7) is 2.97. The van der Waals surface area contributed by atoms with Gasteiger partial charge in [-0.2, -0.15) is 0 Å². The van der Waals surface area contributed by atoms with Gasteiger partial charge in [0.15, 0.2) is 0 Å². The van der Waals surface area contributed by atoms with Crippen molar-refractivity contribution in [3.05, 3.63) is 47.0 Å². The molecule has 1 aliphatic heterocycles. The second-order valence-corrected chi connectivity index (χ2v) is 8.22. The van der Waals surface area contributed by atoms with Crippen LogP contribution in [0.2, 0.25) is 5.02 Å². The third-order valence-corrected chi connectivity index (χ3v) is 6.08. The van der Waals surface area contributed by atoms with E-state index in [0.29, 0.717) is 50.9 Å². The fourth-order valence-corrected chi connectivity index (χ4v) is 4.18. The largest absolute Gasteiger partial charge is 0.398 e. The van der Waals surface area contributed by atoms with Crippen LogP contribution in [0.5, 0.6) is 0 Å². The van der Waals surface area contributed by atoms with Gasteiger partial charge in [-0.15, -0.1) is 10.2 Å². The lowest BCUT2D eigenvalue weighted by atomic mass is 10.1. The van der Waals surface area contributed by atoms with Crippen molar-refractivity contribution in [1.29, 1.82) is 5.41 Å². The molecule has 0 bridgehead atoms. The van der Waals surface area contributed by atoms with Crippen LogP contribution >= 0.6 is 22.9 Å². The monoisotopic (exact) mass is 456 g/mol. The quantitative estimate of drug-likeness (QED) is 0.294. The number of hydrogen-bond donors (Lipinski definition) is 5. The van der Waals surface area contributed by atoms with Crippen LogP contribution < -0.4 is 21.7 Å². The molecule has 3 aromatic rings. The van der Waals surface area contributed by atoms with Crippen molar-refractivity contribution in [2.45, 2.75) is 0 Å². The van der Waals surface area contributed by atoms with Gasteiger partial charge >= 0.3 is 6.03 Å². The molecular formula is C20H21ClN8OS. The average Bonchev–Trinajstić information content (AvgIpc) is 3.26. The summed E-state index contributed by atoms with van der Waals surface area (Å²) in [6, 6.07) is 10.8. The number of benzene rings is 2. The van der Waals surface area contributed by atoms with Crippen molar-refractivity contribution in [3.63, 3.8) is 0 Å². The first kappa shape index (κ1) is 21.0. The number of amides is 2. The van der Waals surface area contributed by atoms with Gasteiger partial charge < -0.3 is 32.0 Å². The zero-order valence-corrected chi connectivity index (χ0v) is 18.1. The lowest BCUT2D eigenvalue weighted by Gasteiger charge is -2.27. The summed E-state index contributed by atoms with van der Waals surface area (Å²) in [5.41, 5.74) is 8.86. The molecule has 1 saturated heterocycles. The van der Waals surface area contributed by atoms with E-state index in [9.17, 15) is 4.79 Å². The van der Waals surface area contributed by atoms with E-state index in [1.807, 2.05) is 24.3 Å². The SMILES string of the molecule is N=Cc1c(N)ccc(Nc2nnc(-c3cccc(NC(=O)N4CCNCC4)c3)s2)c1Cl. The van der Waals surface area contributed by atoms with Crippen molar-refractivity contribution in [2.24, 2.45) is 0 Å². The van der Waals surface area contributed by atoms with Crippen molar-refractivity contribution < 1.29 is 4.79 Å². The number of halogens is 1. The maximum absolute atomic E-state index is 12.4. The Morgan fingerprint density at radius 1 is 1.26 bits per heavy atom. The van der Waals surface area contributed by atoms with Gasteiger partial charge in [-0.25, -0.2) is 4.79 Å². The molecule has 31 heavy (non-hydrogen) atoms. The van der Waals surface area contributed by atoms with Crippen molar-refractivity contribution in [2.75, 3.05) is 42.5 Å². The predicted molar refractivity (Wildman–Crippen MR) is 126 cm³/mol. The van der Waals surface area contributed by atoms with Gasteiger partial charge in [0, 0.05) is 54.9 Å². The molecule has 0 spiro atoms. The highest BCUT2D eigenvalue weighted by molar-refractivity contribution is 7.18. The Morgan fingerprint density at radius 2 is 2.06 bits per heavy atom. The van der Waals surface area contributed by atoms with E-state index in [1.165, 1.54) is 11.3 Å². The third kappa shape index (κ3) is 4.76. The molecule has 2 amide bonds. The fraction of sp³-hybridized carbons (Fsp3) is 0.200. The molecule has 9 nitrogen and oxygen atoms in total. The maximum atomic E-state index is 12.4. The number of carbonyl (C=O) groups is 1. The van der Waals surface area contributed by atoms with E-state index in [4.69, 9.17) is 22.7 Å². The van der Waals surface area contributed by atoms with Gasteiger partial charge in [0.1, 0.15) is 5.01 Å². The molecular weight excluding hydrogens is 436 g/mol.